The highest BCUT2D eigenvalue weighted by Crippen LogP contribution is 2.49. The Balaban J connectivity index is 1.01. The summed E-state index contributed by atoms with van der Waals surface area (Å²) in [5, 5.41) is 7.89. The lowest BCUT2D eigenvalue weighted by molar-refractivity contribution is 0.0494. The number of benzene rings is 1. The van der Waals surface area contributed by atoms with E-state index >= 15 is 0 Å². The molecule has 0 amide bonds. The monoisotopic (exact) mass is 452 g/mol. The summed E-state index contributed by atoms with van der Waals surface area (Å²) in [6, 6.07) is 10.2. The minimum Gasteiger partial charge on any atom is -0.493 e. The van der Waals surface area contributed by atoms with Gasteiger partial charge >= 0.3 is 6.01 Å². The van der Waals surface area contributed by atoms with E-state index in [0.29, 0.717) is 23.3 Å². The molecule has 6 rings (SSSR count). The van der Waals surface area contributed by atoms with Gasteiger partial charge in [0, 0.05) is 37.8 Å². The minimum absolute atomic E-state index is 0.459. The highest BCUT2D eigenvalue weighted by atomic mass is 16.5. The van der Waals surface area contributed by atoms with Gasteiger partial charge in [-0.25, -0.2) is 0 Å². The van der Waals surface area contributed by atoms with Crippen molar-refractivity contribution >= 4 is 6.01 Å². The predicted molar refractivity (Wildman–Crippen MR) is 126 cm³/mol. The van der Waals surface area contributed by atoms with Crippen molar-refractivity contribution in [3.05, 3.63) is 36.2 Å². The van der Waals surface area contributed by atoms with Crippen LogP contribution in [-0.4, -0.2) is 67.1 Å². The third kappa shape index (κ3) is 4.50. The summed E-state index contributed by atoms with van der Waals surface area (Å²) in [5.74, 6) is 2.35. The van der Waals surface area contributed by atoms with Crippen molar-refractivity contribution in [1.82, 2.24) is 15.1 Å². The van der Waals surface area contributed by atoms with Crippen LogP contribution in [0, 0.1) is 11.3 Å². The number of likely N-dealkylation sites (tertiary alicyclic amines) is 1. The van der Waals surface area contributed by atoms with Crippen molar-refractivity contribution in [2.24, 2.45) is 11.3 Å². The first-order valence-electron chi connectivity index (χ1n) is 12.8. The Bertz CT molecular complexity index is 900. The van der Waals surface area contributed by atoms with Gasteiger partial charge in [0.05, 0.1) is 6.61 Å². The lowest BCUT2D eigenvalue weighted by Crippen LogP contribution is -2.56. The first-order chi connectivity index (χ1) is 16.3. The summed E-state index contributed by atoms with van der Waals surface area (Å²) in [6.45, 7) is 7.13. The normalized spacial score (nSPS) is 26.5. The zero-order valence-corrected chi connectivity index (χ0v) is 19.5. The largest absolute Gasteiger partial charge is 0.493 e. The van der Waals surface area contributed by atoms with Gasteiger partial charge in [0.1, 0.15) is 5.75 Å². The Morgan fingerprint density at radius 3 is 2.64 bits per heavy atom. The number of anilines is 1. The zero-order valence-electron chi connectivity index (χ0n) is 19.5. The fraction of sp³-hybridized carbons (Fsp3) is 0.692. The number of hydrogen-bond donors (Lipinski definition) is 0. The molecule has 4 aliphatic rings. The molecule has 0 unspecified atom stereocenters. The molecule has 1 saturated carbocycles. The van der Waals surface area contributed by atoms with E-state index in [4.69, 9.17) is 13.9 Å². The predicted octanol–water partition coefficient (Wildman–Crippen LogP) is 4.11. The number of aromatic nitrogens is 2. The van der Waals surface area contributed by atoms with E-state index < -0.39 is 0 Å². The number of nitrogens with zero attached hydrogens (tertiary/aromatic N) is 4. The molecule has 4 fully saturated rings. The maximum atomic E-state index is 6.36. The molecule has 3 aliphatic heterocycles. The van der Waals surface area contributed by atoms with Crippen LogP contribution in [0.25, 0.3) is 0 Å². The minimum atomic E-state index is 0.459. The molecule has 33 heavy (non-hydrogen) atoms. The van der Waals surface area contributed by atoms with Crippen molar-refractivity contribution in [2.45, 2.75) is 56.9 Å². The van der Waals surface area contributed by atoms with E-state index in [0.717, 1.165) is 57.5 Å². The zero-order chi connectivity index (χ0) is 22.1. The van der Waals surface area contributed by atoms with Crippen LogP contribution in [0.3, 0.4) is 0 Å². The second-order valence-electron chi connectivity index (χ2n) is 10.7. The van der Waals surface area contributed by atoms with Crippen molar-refractivity contribution in [2.75, 3.05) is 50.9 Å². The van der Waals surface area contributed by atoms with E-state index in [9.17, 15) is 0 Å². The van der Waals surface area contributed by atoms with Gasteiger partial charge in [-0.3, -0.25) is 0 Å². The van der Waals surface area contributed by atoms with Crippen LogP contribution >= 0.6 is 0 Å². The van der Waals surface area contributed by atoms with Crippen LogP contribution in [0.15, 0.2) is 35.1 Å². The smallest absolute Gasteiger partial charge is 0.317 e. The fourth-order valence-corrected chi connectivity index (χ4v) is 6.62. The van der Waals surface area contributed by atoms with E-state index in [1.807, 2.05) is 0 Å². The second-order valence-corrected chi connectivity index (χ2v) is 10.7. The molecule has 7 heteroatoms. The standard InChI is InChI=1S/C26H36N4O3/c1-2-4-24(32-16-20-8-13-31-14-9-20)23(3-1)21-6-11-29(12-7-21)22-5-10-26(15-22)17-30(18-26)25-28-27-19-33-25/h1-4,19-22H,5-18H2/t22-/m1/s1. The summed E-state index contributed by atoms with van der Waals surface area (Å²) < 4.78 is 17.2. The third-order valence-corrected chi connectivity index (χ3v) is 8.57. The molecule has 0 bridgehead atoms. The van der Waals surface area contributed by atoms with Gasteiger partial charge < -0.3 is 23.7 Å². The van der Waals surface area contributed by atoms with E-state index in [2.05, 4.69) is 44.3 Å². The van der Waals surface area contributed by atoms with E-state index in [1.165, 1.54) is 57.2 Å². The topological polar surface area (TPSA) is 63.9 Å². The van der Waals surface area contributed by atoms with E-state index in [1.54, 1.807) is 0 Å². The molecule has 178 valence electrons. The molecule has 1 aromatic carbocycles. The molecule has 1 spiro atoms. The number of hydrogen-bond acceptors (Lipinski definition) is 7. The Labute approximate surface area is 196 Å². The number of piperidine rings is 1. The van der Waals surface area contributed by atoms with Crippen LogP contribution in [0.2, 0.25) is 0 Å². The van der Waals surface area contributed by atoms with Crippen LogP contribution in [0.1, 0.15) is 56.4 Å². The summed E-state index contributed by atoms with van der Waals surface area (Å²) in [4.78, 5) is 5.00. The molecule has 0 radical (unpaired) electrons. The van der Waals surface area contributed by atoms with Gasteiger partial charge in [0.2, 0.25) is 6.39 Å². The molecule has 7 nitrogen and oxygen atoms in total. The quantitative estimate of drug-likeness (QED) is 0.653. The van der Waals surface area contributed by atoms with Crippen molar-refractivity contribution < 1.29 is 13.9 Å². The highest BCUT2D eigenvalue weighted by Gasteiger charge is 2.50. The molecule has 1 aliphatic carbocycles. The molecule has 1 aromatic heterocycles. The third-order valence-electron chi connectivity index (χ3n) is 8.57. The summed E-state index contributed by atoms with van der Waals surface area (Å²) in [5.41, 5.74) is 1.88. The number of para-hydroxylation sites is 1. The fourth-order valence-electron chi connectivity index (χ4n) is 6.62. The average Bonchev–Trinajstić information content (AvgIpc) is 3.53. The van der Waals surface area contributed by atoms with Crippen LogP contribution in [0.5, 0.6) is 5.75 Å². The second kappa shape index (κ2) is 9.26. The van der Waals surface area contributed by atoms with Gasteiger partial charge in [-0.2, -0.15) is 0 Å². The molecule has 3 saturated heterocycles. The number of rotatable bonds is 6. The Kier molecular flexibility index (Phi) is 6.01. The maximum absolute atomic E-state index is 6.36. The average molecular weight is 453 g/mol. The van der Waals surface area contributed by atoms with Gasteiger partial charge in [-0.15, -0.1) is 5.10 Å². The van der Waals surface area contributed by atoms with Gasteiger partial charge in [0.25, 0.3) is 0 Å². The lowest BCUT2D eigenvalue weighted by Gasteiger charge is -2.48. The number of ether oxygens (including phenoxy) is 2. The summed E-state index contributed by atoms with van der Waals surface area (Å²) >= 11 is 0. The highest BCUT2D eigenvalue weighted by molar-refractivity contribution is 5.37. The van der Waals surface area contributed by atoms with Crippen molar-refractivity contribution in [1.29, 1.82) is 0 Å². The Hall–Kier alpha value is -2.12. The first kappa shape index (κ1) is 21.4. The first-order valence-corrected chi connectivity index (χ1v) is 12.8. The molecule has 0 N–H and O–H groups in total. The van der Waals surface area contributed by atoms with Gasteiger partial charge in [0.15, 0.2) is 0 Å². The summed E-state index contributed by atoms with van der Waals surface area (Å²) in [6.07, 6.45) is 10.1. The lowest BCUT2D eigenvalue weighted by atomic mass is 9.78. The van der Waals surface area contributed by atoms with Crippen molar-refractivity contribution in [3.8, 4) is 5.75 Å². The summed E-state index contributed by atoms with van der Waals surface area (Å²) in [7, 11) is 0. The van der Waals surface area contributed by atoms with E-state index in [-0.39, 0.29) is 0 Å². The van der Waals surface area contributed by atoms with Crippen LogP contribution in [0.4, 0.5) is 6.01 Å². The van der Waals surface area contributed by atoms with Crippen LogP contribution in [-0.2, 0) is 4.74 Å². The Morgan fingerprint density at radius 1 is 1.03 bits per heavy atom. The molecule has 4 heterocycles. The SMILES string of the molecule is c1ccc(C2CCN([C@@H]3CCC4(C3)CN(c3nnco3)C4)CC2)c(OCC2CCOCC2)c1. The Morgan fingerprint density at radius 2 is 1.85 bits per heavy atom. The van der Waals surface area contributed by atoms with Gasteiger partial charge in [-0.05, 0) is 81.5 Å². The maximum Gasteiger partial charge on any atom is 0.317 e. The van der Waals surface area contributed by atoms with Crippen LogP contribution < -0.4 is 9.64 Å². The molecular weight excluding hydrogens is 416 g/mol. The molecule has 2 aromatic rings. The van der Waals surface area contributed by atoms with Gasteiger partial charge in [-0.1, -0.05) is 23.3 Å². The molecule has 1 atom stereocenters. The van der Waals surface area contributed by atoms with Crippen molar-refractivity contribution in [3.63, 3.8) is 0 Å². The molecular formula is C26H36N4O3.